The number of allylic oxidation sites excluding steroid dienone is 1. The molecule has 0 unspecified atom stereocenters. The number of quaternary nitrogens is 1. The number of H-pyrrole nitrogens is 1. The van der Waals surface area contributed by atoms with E-state index in [1.807, 2.05) is 30.5 Å². The molecule has 3 N–H and O–H groups in total. The van der Waals surface area contributed by atoms with E-state index in [9.17, 15) is 9.90 Å². The lowest BCUT2D eigenvalue weighted by Crippen LogP contribution is -3.11. The van der Waals surface area contributed by atoms with Crippen molar-refractivity contribution < 1.29 is 19.5 Å². The lowest BCUT2D eigenvalue weighted by atomic mass is 10.0. The summed E-state index contributed by atoms with van der Waals surface area (Å²) in [7, 11) is 0. The predicted molar refractivity (Wildman–Crippen MR) is 123 cm³/mol. The van der Waals surface area contributed by atoms with Crippen LogP contribution in [0.3, 0.4) is 0 Å². The van der Waals surface area contributed by atoms with Gasteiger partial charge in [-0.25, -0.2) is 0 Å². The Morgan fingerprint density at radius 2 is 1.77 bits per heavy atom. The Morgan fingerprint density at radius 1 is 1.06 bits per heavy atom. The second-order valence-corrected chi connectivity index (χ2v) is 9.29. The van der Waals surface area contributed by atoms with Crippen molar-refractivity contribution in [2.24, 2.45) is 11.8 Å². The van der Waals surface area contributed by atoms with E-state index in [-0.39, 0.29) is 11.5 Å². The molecule has 0 saturated heterocycles. The first-order chi connectivity index (χ1) is 14.8. The van der Waals surface area contributed by atoms with Gasteiger partial charge in [0.2, 0.25) is 5.78 Å². The number of carbonyl (C=O) groups is 1. The number of carbonyl (C=O) groups excluding carboxylic acids is 1. The Balaban J connectivity index is 1.68. The van der Waals surface area contributed by atoms with E-state index in [4.69, 9.17) is 4.74 Å². The Kier molecular flexibility index (Phi) is 5.88. The van der Waals surface area contributed by atoms with E-state index in [0.717, 1.165) is 29.6 Å². The molecule has 31 heavy (non-hydrogen) atoms. The lowest BCUT2D eigenvalue weighted by Gasteiger charge is -2.24. The quantitative estimate of drug-likeness (QED) is 0.503. The van der Waals surface area contributed by atoms with Crippen LogP contribution in [0.5, 0.6) is 11.5 Å². The number of aromatic hydroxyl groups is 1. The molecule has 162 valence electrons. The number of phenolic OH excluding ortho intramolecular Hbond substituents is 1. The highest BCUT2D eigenvalue weighted by Crippen LogP contribution is 2.39. The van der Waals surface area contributed by atoms with Gasteiger partial charge in [-0.1, -0.05) is 45.9 Å². The molecule has 2 heterocycles. The second-order valence-electron chi connectivity index (χ2n) is 9.29. The minimum atomic E-state index is -0.143. The van der Waals surface area contributed by atoms with Gasteiger partial charge in [-0.05, 0) is 24.3 Å². The smallest absolute Gasteiger partial charge is 0.231 e. The van der Waals surface area contributed by atoms with E-state index in [1.54, 1.807) is 18.2 Å². The van der Waals surface area contributed by atoms with Crippen LogP contribution in [0, 0.1) is 11.8 Å². The van der Waals surface area contributed by atoms with Crippen molar-refractivity contribution in [2.75, 3.05) is 13.1 Å². The number of ether oxygens (including phenoxy) is 1. The van der Waals surface area contributed by atoms with Gasteiger partial charge in [0.15, 0.2) is 11.5 Å². The van der Waals surface area contributed by atoms with Crippen molar-refractivity contribution in [3.05, 3.63) is 65.0 Å². The van der Waals surface area contributed by atoms with Crippen LogP contribution in [0.1, 0.15) is 49.2 Å². The zero-order valence-electron chi connectivity index (χ0n) is 18.7. The third-order valence-corrected chi connectivity index (χ3v) is 5.64. The van der Waals surface area contributed by atoms with Crippen molar-refractivity contribution in [1.82, 2.24) is 4.98 Å². The molecular weight excluding hydrogens is 388 g/mol. The summed E-state index contributed by atoms with van der Waals surface area (Å²) in [5.41, 5.74) is 3.15. The zero-order valence-corrected chi connectivity index (χ0v) is 18.7. The number of nitrogens with one attached hydrogen (secondary N) is 2. The van der Waals surface area contributed by atoms with Gasteiger partial charge in [0.05, 0.1) is 24.2 Å². The summed E-state index contributed by atoms with van der Waals surface area (Å²) in [6, 6.07) is 11.2. The van der Waals surface area contributed by atoms with Crippen LogP contribution in [0.15, 0.2) is 48.4 Å². The molecule has 4 rings (SSSR count). The Morgan fingerprint density at radius 3 is 2.48 bits per heavy atom. The van der Waals surface area contributed by atoms with E-state index < -0.39 is 0 Å². The van der Waals surface area contributed by atoms with Crippen LogP contribution < -0.4 is 9.64 Å². The van der Waals surface area contributed by atoms with E-state index >= 15 is 0 Å². The number of benzene rings is 2. The fourth-order valence-corrected chi connectivity index (χ4v) is 4.45. The summed E-state index contributed by atoms with van der Waals surface area (Å²) < 4.78 is 6.09. The van der Waals surface area contributed by atoms with Crippen LogP contribution in [0.4, 0.5) is 0 Å². The Bertz CT molecular complexity index is 1130. The average molecular weight is 420 g/mol. The largest absolute Gasteiger partial charge is 0.507 e. The first kappa shape index (κ1) is 21.2. The summed E-state index contributed by atoms with van der Waals surface area (Å²) in [6.45, 7) is 11.4. The van der Waals surface area contributed by atoms with Crippen molar-refractivity contribution >= 4 is 22.8 Å². The molecule has 1 aromatic heterocycles. The van der Waals surface area contributed by atoms with Gasteiger partial charge in [-0.2, -0.15) is 0 Å². The molecule has 0 spiro atoms. The fourth-order valence-electron chi connectivity index (χ4n) is 4.45. The average Bonchev–Trinajstić information content (AvgIpc) is 3.25. The number of rotatable bonds is 7. The summed E-state index contributed by atoms with van der Waals surface area (Å²) in [5.74, 6) is 1.91. The van der Waals surface area contributed by atoms with Crippen LogP contribution in [-0.4, -0.2) is 29.0 Å². The van der Waals surface area contributed by atoms with Gasteiger partial charge < -0.3 is 19.7 Å². The third-order valence-electron chi connectivity index (χ3n) is 5.64. The van der Waals surface area contributed by atoms with Crippen molar-refractivity contribution in [3.8, 4) is 11.5 Å². The molecule has 3 aromatic rings. The standard InChI is InChI=1S/C26H30N2O3/c1-16(2)13-28(14-17(3)4)15-21-23(29)10-9-20-25(30)24(31-26(20)21)11-18-12-27-22-8-6-5-7-19(18)22/h5-12,16-17,27,29H,13-15H2,1-4H3/p+1/b24-11+. The number of aromatic amines is 1. The minimum absolute atomic E-state index is 0.143. The summed E-state index contributed by atoms with van der Waals surface area (Å²) >= 11 is 0. The molecule has 5 nitrogen and oxygen atoms in total. The lowest BCUT2D eigenvalue weighted by molar-refractivity contribution is -0.919. The van der Waals surface area contributed by atoms with E-state index in [2.05, 4.69) is 32.7 Å². The summed E-state index contributed by atoms with van der Waals surface area (Å²) in [5, 5.41) is 11.7. The van der Waals surface area contributed by atoms with Gasteiger partial charge in [-0.3, -0.25) is 4.79 Å². The second kappa shape index (κ2) is 8.60. The van der Waals surface area contributed by atoms with Gasteiger partial charge in [0.25, 0.3) is 0 Å². The molecule has 5 heteroatoms. The maximum absolute atomic E-state index is 13.1. The molecule has 0 atom stereocenters. The van der Waals surface area contributed by atoms with Crippen LogP contribution >= 0.6 is 0 Å². The zero-order chi connectivity index (χ0) is 22.1. The molecule has 0 saturated carbocycles. The van der Waals surface area contributed by atoms with Crippen molar-refractivity contribution in [2.45, 2.75) is 34.2 Å². The first-order valence-electron chi connectivity index (χ1n) is 11.0. The maximum atomic E-state index is 13.1. The molecule has 0 fully saturated rings. The molecule has 1 aliphatic heterocycles. The highest BCUT2D eigenvalue weighted by molar-refractivity contribution is 6.15. The number of fused-ring (bicyclic) bond motifs is 2. The van der Waals surface area contributed by atoms with Crippen LogP contribution in [-0.2, 0) is 6.54 Å². The maximum Gasteiger partial charge on any atom is 0.231 e. The number of hydrogen-bond acceptors (Lipinski definition) is 3. The topological polar surface area (TPSA) is 66.8 Å². The van der Waals surface area contributed by atoms with E-state index in [0.29, 0.717) is 41.0 Å². The first-order valence-corrected chi connectivity index (χ1v) is 11.0. The Labute approximate surface area is 183 Å². The number of aromatic nitrogens is 1. The van der Waals surface area contributed by atoms with Gasteiger partial charge in [0.1, 0.15) is 12.3 Å². The normalized spacial score (nSPS) is 14.9. The SMILES string of the molecule is CC(C)C[NH+](Cc1c(O)ccc2c1O/C(=C/c1c[nH]c3ccccc13)C2=O)CC(C)C. The monoisotopic (exact) mass is 419 g/mol. The van der Waals surface area contributed by atoms with Crippen LogP contribution in [0.2, 0.25) is 0 Å². The molecular formula is C26H31N2O3+. The van der Waals surface area contributed by atoms with Crippen LogP contribution in [0.25, 0.3) is 17.0 Å². The molecule has 0 bridgehead atoms. The highest BCUT2D eigenvalue weighted by Gasteiger charge is 2.33. The number of Topliss-reactive ketones (excluding diaryl/α,β-unsaturated/α-hetero) is 1. The minimum Gasteiger partial charge on any atom is -0.507 e. The van der Waals surface area contributed by atoms with Gasteiger partial charge >= 0.3 is 0 Å². The third kappa shape index (κ3) is 4.37. The van der Waals surface area contributed by atoms with Crippen molar-refractivity contribution in [3.63, 3.8) is 0 Å². The summed E-state index contributed by atoms with van der Waals surface area (Å²) in [4.78, 5) is 17.7. The molecule has 0 radical (unpaired) electrons. The number of phenols is 1. The predicted octanol–water partition coefficient (Wildman–Crippen LogP) is 4.19. The van der Waals surface area contributed by atoms with Crippen molar-refractivity contribution in [1.29, 1.82) is 0 Å². The molecule has 0 aliphatic carbocycles. The van der Waals surface area contributed by atoms with Gasteiger partial charge in [0, 0.05) is 34.5 Å². The highest BCUT2D eigenvalue weighted by atomic mass is 16.5. The molecule has 1 aliphatic rings. The number of para-hydroxylation sites is 1. The number of ketones is 1. The number of hydrogen-bond donors (Lipinski definition) is 3. The Hall–Kier alpha value is -3.05. The fraction of sp³-hybridized carbons (Fsp3) is 0.346. The molecule has 2 aromatic carbocycles. The van der Waals surface area contributed by atoms with Gasteiger partial charge in [-0.15, -0.1) is 0 Å². The molecule has 0 amide bonds. The summed E-state index contributed by atoms with van der Waals surface area (Å²) in [6.07, 6.45) is 3.67. The van der Waals surface area contributed by atoms with E-state index in [1.165, 1.54) is 4.90 Å².